The number of piperidine rings is 1. The number of benzene rings is 2. The van der Waals surface area contributed by atoms with E-state index in [1.807, 2.05) is 65.7 Å². The van der Waals surface area contributed by atoms with E-state index in [1.54, 1.807) is 0 Å². The predicted molar refractivity (Wildman–Crippen MR) is 128 cm³/mol. The highest BCUT2D eigenvalue weighted by molar-refractivity contribution is 5.98. The molecule has 6 heteroatoms. The Morgan fingerprint density at radius 1 is 1.09 bits per heavy atom. The molecule has 3 heterocycles. The number of aromatic amines is 1. The van der Waals surface area contributed by atoms with Crippen LogP contribution in [0.1, 0.15) is 48.0 Å². The molecule has 2 fully saturated rings. The Balaban J connectivity index is 1.13. The molecule has 1 aromatic heterocycles. The first kappa shape index (κ1) is 21.7. The summed E-state index contributed by atoms with van der Waals surface area (Å²) in [6, 6.07) is 17.8. The van der Waals surface area contributed by atoms with Crippen LogP contribution >= 0.6 is 0 Å². The molecular formula is C27H31N3O3. The van der Waals surface area contributed by atoms with E-state index < -0.39 is 0 Å². The number of H-pyrrole nitrogens is 1. The van der Waals surface area contributed by atoms with Crippen LogP contribution in [-0.2, 0) is 16.1 Å². The number of rotatable bonds is 5. The van der Waals surface area contributed by atoms with Gasteiger partial charge in [0.05, 0.1) is 5.60 Å². The largest absolute Gasteiger partial charge is 0.375 e. The maximum Gasteiger partial charge on any atom is 0.253 e. The van der Waals surface area contributed by atoms with E-state index in [4.69, 9.17) is 4.74 Å². The zero-order chi connectivity index (χ0) is 22.7. The quantitative estimate of drug-likeness (QED) is 0.616. The second-order valence-electron chi connectivity index (χ2n) is 9.43. The molecule has 172 valence electrons. The molecule has 2 saturated heterocycles. The summed E-state index contributed by atoms with van der Waals surface area (Å²) < 4.78 is 6.25. The second-order valence-corrected chi connectivity index (χ2v) is 9.43. The smallest absolute Gasteiger partial charge is 0.253 e. The molecule has 1 spiro atoms. The minimum absolute atomic E-state index is 0.0839. The van der Waals surface area contributed by atoms with Crippen molar-refractivity contribution in [1.82, 2.24) is 15.2 Å². The van der Waals surface area contributed by atoms with Gasteiger partial charge in [-0.3, -0.25) is 9.59 Å². The molecule has 5 rings (SSSR count). The lowest BCUT2D eigenvalue weighted by molar-refractivity contribution is -0.134. The highest BCUT2D eigenvalue weighted by Gasteiger charge is 2.41. The maximum absolute atomic E-state index is 13.1. The fraction of sp³-hybridized carbons (Fsp3) is 0.407. The van der Waals surface area contributed by atoms with Gasteiger partial charge in [-0.1, -0.05) is 30.3 Å². The predicted octanol–water partition coefficient (Wildman–Crippen LogP) is 4.28. The first-order valence-corrected chi connectivity index (χ1v) is 11.9. The normalized spacial score (nSPS) is 20.1. The van der Waals surface area contributed by atoms with Crippen LogP contribution in [0, 0.1) is 5.92 Å². The molecule has 2 aromatic carbocycles. The number of nitrogens with zero attached hydrogens (tertiary/aromatic N) is 1. The molecule has 2 N–H and O–H groups in total. The van der Waals surface area contributed by atoms with Gasteiger partial charge in [-0.05, 0) is 61.4 Å². The Labute approximate surface area is 194 Å². The van der Waals surface area contributed by atoms with E-state index >= 15 is 0 Å². The van der Waals surface area contributed by atoms with E-state index in [0.717, 1.165) is 47.7 Å². The van der Waals surface area contributed by atoms with Crippen molar-refractivity contribution < 1.29 is 14.3 Å². The molecule has 33 heavy (non-hydrogen) atoms. The number of likely N-dealkylation sites (tertiary alicyclic amines) is 1. The first-order chi connectivity index (χ1) is 16.1. The summed E-state index contributed by atoms with van der Waals surface area (Å²) in [4.78, 5) is 30.7. The van der Waals surface area contributed by atoms with Gasteiger partial charge in [0.25, 0.3) is 5.91 Å². The van der Waals surface area contributed by atoms with Crippen molar-refractivity contribution in [2.75, 3.05) is 19.7 Å². The Hall–Kier alpha value is -3.12. The van der Waals surface area contributed by atoms with E-state index in [9.17, 15) is 9.59 Å². The molecular weight excluding hydrogens is 414 g/mol. The Morgan fingerprint density at radius 3 is 2.73 bits per heavy atom. The summed E-state index contributed by atoms with van der Waals surface area (Å²) in [6.07, 6.45) is 5.89. The van der Waals surface area contributed by atoms with E-state index in [1.165, 1.54) is 0 Å². The molecule has 0 saturated carbocycles. The third-order valence-corrected chi connectivity index (χ3v) is 7.16. The summed E-state index contributed by atoms with van der Waals surface area (Å²) in [5, 5.41) is 4.11. The molecule has 2 amide bonds. The zero-order valence-corrected chi connectivity index (χ0v) is 18.9. The molecule has 2 aliphatic heterocycles. The molecule has 0 aliphatic carbocycles. The fourth-order valence-corrected chi connectivity index (χ4v) is 5.27. The summed E-state index contributed by atoms with van der Waals surface area (Å²) in [7, 11) is 0. The molecule has 3 aromatic rings. The first-order valence-electron chi connectivity index (χ1n) is 11.9. The number of amides is 2. The van der Waals surface area contributed by atoms with Crippen LogP contribution in [-0.4, -0.2) is 47.0 Å². The van der Waals surface area contributed by atoms with Crippen molar-refractivity contribution in [3.8, 4) is 0 Å². The number of carbonyl (C=O) groups excluding carboxylic acids is 2. The standard InChI is InChI=1S/C27H31N3O3/c31-25(29-19-20-4-2-1-3-5-20)16-21-9-15-33-27(18-21)10-13-30(14-11-27)26(32)23-6-7-24-22(17-23)8-12-28-24/h1-8,12,17,21,28H,9-11,13-16,18-19H2,(H,29,31). The van der Waals surface area contributed by atoms with Crippen molar-refractivity contribution in [2.24, 2.45) is 5.92 Å². The second kappa shape index (κ2) is 9.40. The van der Waals surface area contributed by atoms with Crippen molar-refractivity contribution in [2.45, 2.75) is 44.2 Å². The van der Waals surface area contributed by atoms with Gasteiger partial charge in [-0.2, -0.15) is 0 Å². The number of hydrogen-bond acceptors (Lipinski definition) is 3. The fourth-order valence-electron chi connectivity index (χ4n) is 5.27. The van der Waals surface area contributed by atoms with Gasteiger partial charge < -0.3 is 19.9 Å². The van der Waals surface area contributed by atoms with Crippen LogP contribution in [0.2, 0.25) is 0 Å². The lowest BCUT2D eigenvalue weighted by Gasteiger charge is -2.46. The van der Waals surface area contributed by atoms with Gasteiger partial charge in [0, 0.05) is 55.3 Å². The van der Waals surface area contributed by atoms with Crippen LogP contribution < -0.4 is 5.32 Å². The summed E-state index contributed by atoms with van der Waals surface area (Å²) in [5.74, 6) is 0.516. The average Bonchev–Trinajstić information content (AvgIpc) is 3.32. The lowest BCUT2D eigenvalue weighted by Crippen LogP contribution is -2.51. The van der Waals surface area contributed by atoms with Gasteiger partial charge in [0.2, 0.25) is 5.91 Å². The van der Waals surface area contributed by atoms with E-state index in [0.29, 0.717) is 38.6 Å². The summed E-state index contributed by atoms with van der Waals surface area (Å²) in [5.41, 5.74) is 2.68. The zero-order valence-electron chi connectivity index (χ0n) is 18.9. The maximum atomic E-state index is 13.1. The molecule has 2 aliphatic rings. The van der Waals surface area contributed by atoms with Gasteiger partial charge in [-0.15, -0.1) is 0 Å². The topological polar surface area (TPSA) is 74.4 Å². The highest BCUT2D eigenvalue weighted by atomic mass is 16.5. The monoisotopic (exact) mass is 445 g/mol. The number of nitrogens with one attached hydrogen (secondary N) is 2. The molecule has 0 bridgehead atoms. The van der Waals surface area contributed by atoms with Crippen LogP contribution in [0.5, 0.6) is 0 Å². The average molecular weight is 446 g/mol. The van der Waals surface area contributed by atoms with Gasteiger partial charge in [0.1, 0.15) is 0 Å². The molecule has 6 nitrogen and oxygen atoms in total. The van der Waals surface area contributed by atoms with Crippen molar-refractivity contribution in [1.29, 1.82) is 0 Å². The Bertz CT molecular complexity index is 1120. The number of carbonyl (C=O) groups is 2. The van der Waals surface area contributed by atoms with E-state index in [2.05, 4.69) is 10.3 Å². The van der Waals surface area contributed by atoms with Gasteiger partial charge in [-0.25, -0.2) is 0 Å². The minimum Gasteiger partial charge on any atom is -0.375 e. The number of hydrogen-bond donors (Lipinski definition) is 2. The molecule has 1 atom stereocenters. The lowest BCUT2D eigenvalue weighted by atomic mass is 9.78. The van der Waals surface area contributed by atoms with Gasteiger partial charge in [0.15, 0.2) is 0 Å². The summed E-state index contributed by atoms with van der Waals surface area (Å²) >= 11 is 0. The van der Waals surface area contributed by atoms with Crippen molar-refractivity contribution >= 4 is 22.7 Å². The third-order valence-electron chi connectivity index (χ3n) is 7.16. The van der Waals surface area contributed by atoms with E-state index in [-0.39, 0.29) is 17.4 Å². The van der Waals surface area contributed by atoms with Crippen molar-refractivity contribution in [3.05, 3.63) is 71.9 Å². The summed E-state index contributed by atoms with van der Waals surface area (Å²) in [6.45, 7) is 2.64. The molecule has 0 radical (unpaired) electrons. The third kappa shape index (κ3) is 4.96. The van der Waals surface area contributed by atoms with Crippen molar-refractivity contribution in [3.63, 3.8) is 0 Å². The van der Waals surface area contributed by atoms with Crippen LogP contribution in [0.4, 0.5) is 0 Å². The number of aromatic nitrogens is 1. The SMILES string of the molecule is O=C(CC1CCOC2(CCN(C(=O)c3ccc4[nH]ccc4c3)CC2)C1)NCc1ccccc1. The van der Waals surface area contributed by atoms with Crippen LogP contribution in [0.15, 0.2) is 60.8 Å². The highest BCUT2D eigenvalue weighted by Crippen LogP contribution is 2.39. The van der Waals surface area contributed by atoms with Crippen LogP contribution in [0.25, 0.3) is 10.9 Å². The Kier molecular flexibility index (Phi) is 6.18. The molecule has 1 unspecified atom stereocenters. The van der Waals surface area contributed by atoms with Crippen LogP contribution in [0.3, 0.4) is 0 Å². The Morgan fingerprint density at radius 2 is 1.91 bits per heavy atom. The number of fused-ring (bicyclic) bond motifs is 1. The van der Waals surface area contributed by atoms with Gasteiger partial charge >= 0.3 is 0 Å². The number of ether oxygens (including phenoxy) is 1. The minimum atomic E-state index is -0.204.